The fourth-order valence-corrected chi connectivity index (χ4v) is 2.93. The van der Waals surface area contributed by atoms with E-state index in [1.54, 1.807) is 0 Å². The van der Waals surface area contributed by atoms with Crippen molar-refractivity contribution in [3.63, 3.8) is 0 Å². The summed E-state index contributed by atoms with van der Waals surface area (Å²) in [5.41, 5.74) is 9.05. The Kier molecular flexibility index (Phi) is 4.34. The van der Waals surface area contributed by atoms with Crippen LogP contribution < -0.4 is 5.73 Å². The number of fused-ring (bicyclic) bond motifs is 1. The standard InChI is InChI=1S/C16H22N4O/c17-15-4-3-13(16-14(15)2-1-5-18-16)12-20-8-6-19(7-9-20)10-11-21/h1-5,21H,6-12,17H2. The van der Waals surface area contributed by atoms with Crippen LogP contribution in [0.5, 0.6) is 0 Å². The van der Waals surface area contributed by atoms with Gasteiger partial charge in [-0.3, -0.25) is 14.8 Å². The van der Waals surface area contributed by atoms with E-state index in [-0.39, 0.29) is 6.61 Å². The summed E-state index contributed by atoms with van der Waals surface area (Å²) in [6, 6.07) is 8.02. The van der Waals surface area contributed by atoms with E-state index in [1.165, 1.54) is 5.56 Å². The van der Waals surface area contributed by atoms with Crippen molar-refractivity contribution in [2.75, 3.05) is 45.1 Å². The van der Waals surface area contributed by atoms with Gasteiger partial charge in [0.25, 0.3) is 0 Å². The van der Waals surface area contributed by atoms with Gasteiger partial charge in [-0.15, -0.1) is 0 Å². The van der Waals surface area contributed by atoms with Crippen LogP contribution in [-0.2, 0) is 6.54 Å². The summed E-state index contributed by atoms with van der Waals surface area (Å²) >= 11 is 0. The number of aliphatic hydroxyl groups excluding tert-OH is 1. The highest BCUT2D eigenvalue weighted by atomic mass is 16.3. The quantitative estimate of drug-likeness (QED) is 0.819. The highest BCUT2D eigenvalue weighted by molar-refractivity contribution is 5.92. The molecule has 1 saturated heterocycles. The Labute approximate surface area is 125 Å². The molecule has 2 heterocycles. The summed E-state index contributed by atoms with van der Waals surface area (Å²) in [6.45, 7) is 6.01. The number of hydrogen-bond donors (Lipinski definition) is 2. The fourth-order valence-electron chi connectivity index (χ4n) is 2.93. The normalized spacial score (nSPS) is 17.4. The number of piperazine rings is 1. The van der Waals surface area contributed by atoms with Crippen LogP contribution in [0.1, 0.15) is 5.56 Å². The van der Waals surface area contributed by atoms with Crippen LogP contribution in [0, 0.1) is 0 Å². The molecule has 0 atom stereocenters. The van der Waals surface area contributed by atoms with E-state index in [2.05, 4.69) is 20.9 Å². The number of aliphatic hydroxyl groups is 1. The van der Waals surface area contributed by atoms with Gasteiger partial charge in [-0.05, 0) is 23.8 Å². The third-order valence-electron chi connectivity index (χ3n) is 4.16. The Balaban J connectivity index is 1.73. The number of nitrogens with two attached hydrogens (primary N) is 1. The van der Waals surface area contributed by atoms with Crippen molar-refractivity contribution in [1.82, 2.24) is 14.8 Å². The molecule has 1 aromatic carbocycles. The predicted molar refractivity (Wildman–Crippen MR) is 85.0 cm³/mol. The summed E-state index contributed by atoms with van der Waals surface area (Å²) in [5.74, 6) is 0. The first kappa shape index (κ1) is 14.3. The highest BCUT2D eigenvalue weighted by Gasteiger charge is 2.17. The monoisotopic (exact) mass is 286 g/mol. The summed E-state index contributed by atoms with van der Waals surface area (Å²) in [6.07, 6.45) is 1.82. The zero-order valence-electron chi connectivity index (χ0n) is 12.2. The first-order chi connectivity index (χ1) is 10.3. The number of aromatic nitrogens is 1. The van der Waals surface area contributed by atoms with Crippen molar-refractivity contribution in [2.45, 2.75) is 6.54 Å². The van der Waals surface area contributed by atoms with Crippen molar-refractivity contribution in [3.05, 3.63) is 36.0 Å². The van der Waals surface area contributed by atoms with Crippen molar-refractivity contribution in [2.24, 2.45) is 0 Å². The molecule has 0 spiro atoms. The summed E-state index contributed by atoms with van der Waals surface area (Å²) in [7, 11) is 0. The Hall–Kier alpha value is -1.69. The Morgan fingerprint density at radius 1 is 1.10 bits per heavy atom. The lowest BCUT2D eigenvalue weighted by atomic mass is 10.1. The molecule has 1 aromatic heterocycles. The van der Waals surface area contributed by atoms with Gasteiger partial charge in [-0.25, -0.2) is 0 Å². The van der Waals surface area contributed by atoms with Crippen LogP contribution in [0.3, 0.4) is 0 Å². The molecule has 1 aliphatic heterocycles. The van der Waals surface area contributed by atoms with Crippen molar-refractivity contribution in [1.29, 1.82) is 0 Å². The molecule has 0 radical (unpaired) electrons. The second-order valence-electron chi connectivity index (χ2n) is 5.55. The molecule has 0 bridgehead atoms. The van der Waals surface area contributed by atoms with Gasteiger partial charge >= 0.3 is 0 Å². The molecule has 112 valence electrons. The van der Waals surface area contributed by atoms with E-state index < -0.39 is 0 Å². The van der Waals surface area contributed by atoms with Gasteiger partial charge in [0.2, 0.25) is 0 Å². The van der Waals surface area contributed by atoms with Crippen LogP contribution in [0.4, 0.5) is 5.69 Å². The third kappa shape index (κ3) is 3.15. The number of hydrogen-bond acceptors (Lipinski definition) is 5. The first-order valence-corrected chi connectivity index (χ1v) is 7.45. The lowest BCUT2D eigenvalue weighted by Gasteiger charge is -2.34. The van der Waals surface area contributed by atoms with E-state index >= 15 is 0 Å². The Morgan fingerprint density at radius 2 is 1.86 bits per heavy atom. The average Bonchev–Trinajstić information content (AvgIpc) is 2.52. The Morgan fingerprint density at radius 3 is 2.62 bits per heavy atom. The van der Waals surface area contributed by atoms with Gasteiger partial charge in [0.15, 0.2) is 0 Å². The second kappa shape index (κ2) is 6.39. The number of β-amino-alcohol motifs (C(OH)–C–C–N with tert-alkyl or cyclic N) is 1. The molecule has 1 aliphatic rings. The molecule has 21 heavy (non-hydrogen) atoms. The molecule has 1 fully saturated rings. The van der Waals surface area contributed by atoms with E-state index in [0.717, 1.165) is 55.9 Å². The van der Waals surface area contributed by atoms with Gasteiger partial charge in [-0.1, -0.05) is 6.07 Å². The van der Waals surface area contributed by atoms with Crippen LogP contribution in [0.25, 0.3) is 10.9 Å². The Bertz CT molecular complexity index is 608. The average molecular weight is 286 g/mol. The molecule has 5 nitrogen and oxygen atoms in total. The van der Waals surface area contributed by atoms with Crippen molar-refractivity contribution in [3.8, 4) is 0 Å². The molecule has 0 saturated carbocycles. The molecule has 3 N–H and O–H groups in total. The minimum absolute atomic E-state index is 0.243. The molecule has 2 aromatic rings. The number of anilines is 1. The number of nitrogens with zero attached hydrogens (tertiary/aromatic N) is 3. The maximum Gasteiger partial charge on any atom is 0.0767 e. The topological polar surface area (TPSA) is 65.6 Å². The van der Waals surface area contributed by atoms with E-state index in [0.29, 0.717) is 0 Å². The molecular weight excluding hydrogens is 264 g/mol. The van der Waals surface area contributed by atoms with Crippen LogP contribution in [0.15, 0.2) is 30.5 Å². The molecule has 5 heteroatoms. The lowest BCUT2D eigenvalue weighted by Crippen LogP contribution is -2.46. The van der Waals surface area contributed by atoms with Crippen molar-refractivity contribution >= 4 is 16.6 Å². The molecular formula is C16H22N4O. The maximum atomic E-state index is 8.99. The summed E-state index contributed by atoms with van der Waals surface area (Å²) < 4.78 is 0. The zero-order valence-corrected chi connectivity index (χ0v) is 12.2. The van der Waals surface area contributed by atoms with Gasteiger partial charge < -0.3 is 10.8 Å². The summed E-state index contributed by atoms with van der Waals surface area (Å²) in [4.78, 5) is 9.24. The van der Waals surface area contributed by atoms with E-state index in [4.69, 9.17) is 10.8 Å². The third-order valence-corrected chi connectivity index (χ3v) is 4.16. The van der Waals surface area contributed by atoms with Gasteiger partial charge in [-0.2, -0.15) is 0 Å². The molecule has 0 unspecified atom stereocenters. The minimum atomic E-state index is 0.243. The number of nitrogen functional groups attached to an aromatic ring is 1. The zero-order chi connectivity index (χ0) is 14.7. The van der Waals surface area contributed by atoms with E-state index in [9.17, 15) is 0 Å². The molecule has 3 rings (SSSR count). The SMILES string of the molecule is Nc1ccc(CN2CCN(CCO)CC2)c2ncccc12. The maximum absolute atomic E-state index is 8.99. The summed E-state index contributed by atoms with van der Waals surface area (Å²) in [5, 5.41) is 10.0. The number of rotatable bonds is 4. The van der Waals surface area contributed by atoms with Gasteiger partial charge in [0, 0.05) is 56.5 Å². The largest absolute Gasteiger partial charge is 0.398 e. The second-order valence-corrected chi connectivity index (χ2v) is 5.55. The highest BCUT2D eigenvalue weighted by Crippen LogP contribution is 2.23. The van der Waals surface area contributed by atoms with Gasteiger partial charge in [0.05, 0.1) is 12.1 Å². The lowest BCUT2D eigenvalue weighted by molar-refractivity contribution is 0.109. The molecule has 0 aliphatic carbocycles. The smallest absolute Gasteiger partial charge is 0.0767 e. The number of benzene rings is 1. The minimum Gasteiger partial charge on any atom is -0.398 e. The van der Waals surface area contributed by atoms with Gasteiger partial charge in [0.1, 0.15) is 0 Å². The van der Waals surface area contributed by atoms with Crippen LogP contribution >= 0.6 is 0 Å². The van der Waals surface area contributed by atoms with Crippen molar-refractivity contribution < 1.29 is 5.11 Å². The fraction of sp³-hybridized carbons (Fsp3) is 0.438. The van der Waals surface area contributed by atoms with Crippen LogP contribution in [-0.4, -0.2) is 59.2 Å². The molecule has 0 amide bonds. The predicted octanol–water partition coefficient (Wildman–Crippen LogP) is 0.927. The van der Waals surface area contributed by atoms with Crippen LogP contribution in [0.2, 0.25) is 0 Å². The number of pyridine rings is 1. The first-order valence-electron chi connectivity index (χ1n) is 7.45. The van der Waals surface area contributed by atoms with E-state index in [1.807, 2.05) is 24.4 Å².